The standard InChI is InChI=1S/C19H24ClNO3/c1-13-7-3-6-10-17(13)21-19(23)14(2)24-18(22)12-11-15-8-4-5-9-16(15)20/h4-5,8-9,11-14,17H,3,6-7,10H2,1-2H3,(H,21,23)/b12-11+/t13-,14-,17+/m1/s1. The second kappa shape index (κ2) is 8.88. The molecule has 1 saturated carbocycles. The monoisotopic (exact) mass is 349 g/mol. The predicted molar refractivity (Wildman–Crippen MR) is 95.6 cm³/mol. The van der Waals surface area contributed by atoms with E-state index in [9.17, 15) is 9.59 Å². The Kier molecular flexibility index (Phi) is 6.85. The van der Waals surface area contributed by atoms with Crippen molar-refractivity contribution in [2.24, 2.45) is 5.92 Å². The predicted octanol–water partition coefficient (Wildman–Crippen LogP) is 3.98. The van der Waals surface area contributed by atoms with Gasteiger partial charge >= 0.3 is 5.97 Å². The minimum absolute atomic E-state index is 0.172. The van der Waals surface area contributed by atoms with Crippen LogP contribution in [0.25, 0.3) is 6.08 Å². The van der Waals surface area contributed by atoms with Gasteiger partial charge in [0, 0.05) is 17.1 Å². The fourth-order valence-corrected chi connectivity index (χ4v) is 3.06. The topological polar surface area (TPSA) is 55.4 Å². The SMILES string of the molecule is C[C@@H]1CCCC[C@@H]1NC(=O)[C@@H](C)OC(=O)/C=C/c1ccccc1Cl. The summed E-state index contributed by atoms with van der Waals surface area (Å²) in [5.41, 5.74) is 0.726. The zero-order chi connectivity index (χ0) is 17.5. The quantitative estimate of drug-likeness (QED) is 0.646. The van der Waals surface area contributed by atoms with Crippen molar-refractivity contribution in [3.63, 3.8) is 0 Å². The van der Waals surface area contributed by atoms with Crippen LogP contribution < -0.4 is 5.32 Å². The van der Waals surface area contributed by atoms with Crippen LogP contribution in [0.4, 0.5) is 0 Å². The van der Waals surface area contributed by atoms with Crippen LogP contribution in [0.1, 0.15) is 45.1 Å². The number of halogens is 1. The third-order valence-corrected chi connectivity index (χ3v) is 4.75. The number of ether oxygens (including phenoxy) is 1. The van der Waals surface area contributed by atoms with Crippen LogP contribution in [0, 0.1) is 5.92 Å². The minimum Gasteiger partial charge on any atom is -0.449 e. The van der Waals surface area contributed by atoms with E-state index in [4.69, 9.17) is 16.3 Å². The van der Waals surface area contributed by atoms with Gasteiger partial charge in [0.05, 0.1) is 0 Å². The first-order valence-electron chi connectivity index (χ1n) is 8.41. The maximum Gasteiger partial charge on any atom is 0.331 e. The number of benzene rings is 1. The number of amides is 1. The lowest BCUT2D eigenvalue weighted by Gasteiger charge is -2.30. The first-order valence-corrected chi connectivity index (χ1v) is 8.78. The molecule has 1 N–H and O–H groups in total. The molecule has 0 unspecified atom stereocenters. The average molecular weight is 350 g/mol. The van der Waals surface area contributed by atoms with Crippen molar-refractivity contribution in [2.75, 3.05) is 0 Å². The minimum atomic E-state index is -0.817. The molecule has 1 fully saturated rings. The summed E-state index contributed by atoms with van der Waals surface area (Å²) in [6.45, 7) is 3.73. The third-order valence-electron chi connectivity index (χ3n) is 4.41. The Morgan fingerprint density at radius 3 is 2.71 bits per heavy atom. The van der Waals surface area contributed by atoms with E-state index in [1.54, 1.807) is 25.1 Å². The molecule has 0 spiro atoms. The van der Waals surface area contributed by atoms with Gasteiger partial charge in [-0.25, -0.2) is 4.79 Å². The number of hydrogen-bond acceptors (Lipinski definition) is 3. The van der Waals surface area contributed by atoms with Crippen LogP contribution in [-0.4, -0.2) is 24.0 Å². The molecule has 0 saturated heterocycles. The Labute approximate surface area is 148 Å². The lowest BCUT2D eigenvalue weighted by atomic mass is 9.86. The molecule has 1 aliphatic rings. The molecule has 130 valence electrons. The first-order chi connectivity index (χ1) is 11.5. The zero-order valence-electron chi connectivity index (χ0n) is 14.1. The molecule has 1 aliphatic carbocycles. The Hall–Kier alpha value is -1.81. The summed E-state index contributed by atoms with van der Waals surface area (Å²) in [7, 11) is 0. The molecule has 3 atom stereocenters. The Balaban J connectivity index is 1.84. The van der Waals surface area contributed by atoms with E-state index in [1.807, 2.05) is 12.1 Å². The fraction of sp³-hybridized carbons (Fsp3) is 0.474. The highest BCUT2D eigenvalue weighted by molar-refractivity contribution is 6.32. The second-order valence-electron chi connectivity index (χ2n) is 6.31. The van der Waals surface area contributed by atoms with Gasteiger partial charge in [0.2, 0.25) is 0 Å². The van der Waals surface area contributed by atoms with Gasteiger partial charge in [0.1, 0.15) is 0 Å². The molecule has 0 aliphatic heterocycles. The van der Waals surface area contributed by atoms with E-state index in [-0.39, 0.29) is 11.9 Å². The van der Waals surface area contributed by atoms with Crippen molar-refractivity contribution in [2.45, 2.75) is 51.7 Å². The van der Waals surface area contributed by atoms with Gasteiger partial charge in [-0.3, -0.25) is 4.79 Å². The molecule has 2 rings (SSSR count). The molecule has 4 nitrogen and oxygen atoms in total. The van der Waals surface area contributed by atoms with Crippen molar-refractivity contribution in [1.29, 1.82) is 0 Å². The summed E-state index contributed by atoms with van der Waals surface area (Å²) in [5, 5.41) is 3.55. The van der Waals surface area contributed by atoms with E-state index in [0.29, 0.717) is 10.9 Å². The van der Waals surface area contributed by atoms with Gasteiger partial charge in [-0.2, -0.15) is 0 Å². The maximum absolute atomic E-state index is 12.2. The van der Waals surface area contributed by atoms with Crippen molar-refractivity contribution >= 4 is 29.6 Å². The number of esters is 1. The van der Waals surface area contributed by atoms with E-state index < -0.39 is 12.1 Å². The summed E-state index contributed by atoms with van der Waals surface area (Å²) in [4.78, 5) is 24.1. The Morgan fingerprint density at radius 1 is 1.29 bits per heavy atom. The van der Waals surface area contributed by atoms with Crippen molar-refractivity contribution in [1.82, 2.24) is 5.32 Å². The zero-order valence-corrected chi connectivity index (χ0v) is 14.9. The molecule has 1 amide bonds. The molecule has 5 heteroatoms. The number of hydrogen-bond donors (Lipinski definition) is 1. The van der Waals surface area contributed by atoms with Crippen LogP contribution in [0.5, 0.6) is 0 Å². The highest BCUT2D eigenvalue weighted by Gasteiger charge is 2.25. The molecule has 1 aromatic rings. The van der Waals surface area contributed by atoms with Crippen molar-refractivity contribution in [3.05, 3.63) is 40.9 Å². The third kappa shape index (κ3) is 5.38. The second-order valence-corrected chi connectivity index (χ2v) is 6.72. The Morgan fingerprint density at radius 2 is 2.00 bits per heavy atom. The summed E-state index contributed by atoms with van der Waals surface area (Å²) in [6.07, 6.45) is 6.50. The van der Waals surface area contributed by atoms with Gasteiger partial charge in [-0.1, -0.05) is 49.6 Å². The van der Waals surface area contributed by atoms with Gasteiger partial charge in [-0.05, 0) is 43.4 Å². The van der Waals surface area contributed by atoms with Gasteiger partial charge in [0.25, 0.3) is 5.91 Å². The summed E-state index contributed by atoms with van der Waals surface area (Å²) < 4.78 is 5.17. The van der Waals surface area contributed by atoms with E-state index in [2.05, 4.69) is 12.2 Å². The number of carbonyl (C=O) groups is 2. The van der Waals surface area contributed by atoms with Gasteiger partial charge in [-0.15, -0.1) is 0 Å². The molecule has 0 heterocycles. The molecule has 0 radical (unpaired) electrons. The largest absolute Gasteiger partial charge is 0.449 e. The molecule has 0 bridgehead atoms. The van der Waals surface area contributed by atoms with Crippen molar-refractivity contribution < 1.29 is 14.3 Å². The summed E-state index contributed by atoms with van der Waals surface area (Å²) in [5.74, 6) is -0.340. The summed E-state index contributed by atoms with van der Waals surface area (Å²) >= 11 is 6.02. The fourth-order valence-electron chi connectivity index (χ4n) is 2.87. The van der Waals surface area contributed by atoms with E-state index in [0.717, 1.165) is 24.8 Å². The molecular weight excluding hydrogens is 326 g/mol. The normalized spacial score (nSPS) is 22.1. The van der Waals surface area contributed by atoms with Crippen LogP contribution in [0.3, 0.4) is 0 Å². The lowest BCUT2D eigenvalue weighted by molar-refractivity contribution is -0.150. The van der Waals surface area contributed by atoms with Crippen LogP contribution in [-0.2, 0) is 14.3 Å². The van der Waals surface area contributed by atoms with Crippen LogP contribution in [0.15, 0.2) is 30.3 Å². The molecule has 1 aromatic carbocycles. The number of carbonyl (C=O) groups excluding carboxylic acids is 2. The number of rotatable bonds is 5. The lowest BCUT2D eigenvalue weighted by Crippen LogP contribution is -2.45. The maximum atomic E-state index is 12.2. The van der Waals surface area contributed by atoms with E-state index >= 15 is 0 Å². The molecular formula is C19H24ClNO3. The summed E-state index contributed by atoms with van der Waals surface area (Å²) in [6, 6.07) is 7.36. The Bertz CT molecular complexity index is 614. The molecule has 24 heavy (non-hydrogen) atoms. The first kappa shape index (κ1) is 18.5. The van der Waals surface area contributed by atoms with Gasteiger partial charge < -0.3 is 10.1 Å². The average Bonchev–Trinajstić information content (AvgIpc) is 2.56. The van der Waals surface area contributed by atoms with Crippen LogP contribution in [0.2, 0.25) is 5.02 Å². The molecule has 0 aromatic heterocycles. The smallest absolute Gasteiger partial charge is 0.331 e. The number of nitrogens with one attached hydrogen (secondary N) is 1. The van der Waals surface area contributed by atoms with Gasteiger partial charge in [0.15, 0.2) is 6.10 Å². The van der Waals surface area contributed by atoms with Crippen LogP contribution >= 0.6 is 11.6 Å². The van der Waals surface area contributed by atoms with Crippen molar-refractivity contribution in [3.8, 4) is 0 Å². The van der Waals surface area contributed by atoms with E-state index in [1.165, 1.54) is 12.5 Å². The highest BCUT2D eigenvalue weighted by Crippen LogP contribution is 2.23. The highest BCUT2D eigenvalue weighted by atomic mass is 35.5.